The second-order valence-corrected chi connectivity index (χ2v) is 8.07. The van der Waals surface area contributed by atoms with Gasteiger partial charge in [-0.05, 0) is 18.2 Å². The smallest absolute Gasteiger partial charge is 0.192 e. The molecule has 33 heavy (non-hydrogen) atoms. The summed E-state index contributed by atoms with van der Waals surface area (Å²) in [5.74, 6) is -0.366. The van der Waals surface area contributed by atoms with Gasteiger partial charge in [-0.3, -0.25) is 0 Å². The highest BCUT2D eigenvalue weighted by Crippen LogP contribution is 2.27. The van der Waals surface area contributed by atoms with Crippen LogP contribution < -0.4 is 11.1 Å². The Bertz CT molecular complexity index is 1040. The number of hydrogen-bond donors (Lipinski definition) is 5. The van der Waals surface area contributed by atoms with E-state index in [1.54, 1.807) is 25.4 Å². The molecule has 2 aliphatic heterocycles. The van der Waals surface area contributed by atoms with E-state index in [2.05, 4.69) is 35.9 Å². The fourth-order valence-corrected chi connectivity index (χ4v) is 3.74. The van der Waals surface area contributed by atoms with E-state index in [1.807, 2.05) is 17.9 Å². The molecule has 6 N–H and O–H groups in total. The van der Waals surface area contributed by atoms with Gasteiger partial charge in [-0.1, -0.05) is 6.92 Å². The Balaban J connectivity index is 1.64. The van der Waals surface area contributed by atoms with Crippen LogP contribution in [-0.2, 0) is 9.47 Å². The molecule has 3 heterocycles. The second-order valence-electron chi connectivity index (χ2n) is 8.07. The molecular weight excluding hydrogens is 430 g/mol. The summed E-state index contributed by atoms with van der Waals surface area (Å²) in [5.41, 5.74) is 8.67. The van der Waals surface area contributed by atoms with E-state index in [0.29, 0.717) is 23.3 Å². The second kappa shape index (κ2) is 10.2. The van der Waals surface area contributed by atoms with E-state index in [-0.39, 0.29) is 37.7 Å². The molecule has 1 fully saturated rings. The lowest BCUT2D eigenvalue weighted by molar-refractivity contribution is -0.140. The Morgan fingerprint density at radius 3 is 2.88 bits per heavy atom. The van der Waals surface area contributed by atoms with Crippen molar-refractivity contribution in [1.82, 2.24) is 25.6 Å². The summed E-state index contributed by atoms with van der Waals surface area (Å²) in [7, 11) is 1.57. The molecule has 0 saturated carbocycles. The van der Waals surface area contributed by atoms with Crippen molar-refractivity contribution in [1.29, 1.82) is 0 Å². The minimum absolute atomic E-state index is 0.138. The largest absolute Gasteiger partial charge is 0.396 e. The van der Waals surface area contributed by atoms with Crippen molar-refractivity contribution in [2.45, 2.75) is 31.9 Å². The predicted molar refractivity (Wildman–Crippen MR) is 119 cm³/mol. The van der Waals surface area contributed by atoms with E-state index in [9.17, 15) is 10.2 Å². The van der Waals surface area contributed by atoms with Gasteiger partial charge in [-0.2, -0.15) is 25.6 Å². The van der Waals surface area contributed by atoms with Gasteiger partial charge in [0, 0.05) is 31.6 Å². The van der Waals surface area contributed by atoms with Crippen LogP contribution in [0.3, 0.4) is 0 Å². The van der Waals surface area contributed by atoms with Gasteiger partial charge in [-0.25, -0.2) is 4.99 Å². The predicted octanol–water partition coefficient (Wildman–Crippen LogP) is 0.385. The molecule has 1 saturated heterocycles. The van der Waals surface area contributed by atoms with Gasteiger partial charge < -0.3 is 35.6 Å². The van der Waals surface area contributed by atoms with E-state index >= 15 is 0 Å². The zero-order chi connectivity index (χ0) is 23.4. The number of aliphatic imine (C=N–C) groups is 1. The number of H-pyrrole nitrogens is 1. The zero-order valence-electron chi connectivity index (χ0n) is 18.5. The first-order valence-electron chi connectivity index (χ1n) is 10.7. The number of aromatic amines is 1. The molecule has 3 unspecified atom stereocenters. The number of guanidine groups is 1. The fraction of sp³-hybridized carbons (Fsp3) is 0.550. The number of methoxy groups -OCH3 is 1. The molecule has 0 amide bonds. The maximum absolute atomic E-state index is 10.4. The van der Waals surface area contributed by atoms with Crippen LogP contribution in [0, 0.1) is 11.8 Å². The lowest BCUT2D eigenvalue weighted by Gasteiger charge is -2.38. The molecular formula is C20H29N9O4. The Labute approximate surface area is 190 Å². The lowest BCUT2D eigenvalue weighted by atomic mass is 9.98. The quantitative estimate of drug-likeness (QED) is 0.395. The normalized spacial score (nSPS) is 32.4. The topological polar surface area (TPSA) is 179 Å². The van der Waals surface area contributed by atoms with Crippen molar-refractivity contribution >= 4 is 22.7 Å². The number of benzene rings is 1. The average molecular weight is 460 g/mol. The molecule has 13 heteroatoms. The number of aromatic nitrogens is 3. The Morgan fingerprint density at radius 2 is 2.12 bits per heavy atom. The minimum atomic E-state index is -0.697. The lowest BCUT2D eigenvalue weighted by Crippen LogP contribution is -2.46. The summed E-state index contributed by atoms with van der Waals surface area (Å²) in [5, 5.41) is 42.4. The summed E-state index contributed by atoms with van der Waals surface area (Å²) in [6.45, 7) is 2.20. The van der Waals surface area contributed by atoms with Crippen LogP contribution in [0.15, 0.2) is 45.3 Å². The highest BCUT2D eigenvalue weighted by atomic mass is 16.5. The third kappa shape index (κ3) is 5.27. The van der Waals surface area contributed by atoms with Gasteiger partial charge >= 0.3 is 0 Å². The molecule has 4 rings (SSSR count). The van der Waals surface area contributed by atoms with Crippen molar-refractivity contribution in [3.8, 4) is 0 Å². The Hall–Kier alpha value is -3.13. The van der Waals surface area contributed by atoms with Crippen LogP contribution in [0.5, 0.6) is 0 Å². The maximum Gasteiger partial charge on any atom is 0.192 e. The van der Waals surface area contributed by atoms with Crippen molar-refractivity contribution in [3.63, 3.8) is 0 Å². The van der Waals surface area contributed by atoms with Crippen molar-refractivity contribution < 1.29 is 19.7 Å². The van der Waals surface area contributed by atoms with Crippen molar-refractivity contribution in [3.05, 3.63) is 30.1 Å². The Morgan fingerprint density at radius 1 is 1.30 bits per heavy atom. The molecule has 5 atom stereocenters. The summed E-state index contributed by atoms with van der Waals surface area (Å²) >= 11 is 0. The van der Waals surface area contributed by atoms with Crippen molar-refractivity contribution in [2.24, 2.45) is 32.8 Å². The molecule has 0 spiro atoms. The van der Waals surface area contributed by atoms with E-state index in [0.717, 1.165) is 5.52 Å². The molecule has 178 valence electrons. The SMILES string of the molecule is COC1N/C(N)=N\CN([C@H]2C[C@@H](O)C(CO)CO2)/C=C(/N=Nc2ccc3n[nH]nc3c2)C1C. The van der Waals surface area contributed by atoms with Gasteiger partial charge in [0.05, 0.1) is 30.7 Å². The highest BCUT2D eigenvalue weighted by molar-refractivity contribution is 5.78. The molecule has 0 bridgehead atoms. The molecule has 0 radical (unpaired) electrons. The number of aliphatic hydroxyl groups is 2. The number of nitrogens with two attached hydrogens (primary N) is 1. The molecule has 13 nitrogen and oxygen atoms in total. The zero-order valence-corrected chi connectivity index (χ0v) is 18.5. The van der Waals surface area contributed by atoms with Crippen LogP contribution >= 0.6 is 0 Å². The van der Waals surface area contributed by atoms with Crippen LogP contribution in [0.4, 0.5) is 5.69 Å². The number of ether oxygens (including phenoxy) is 2. The first kappa shape index (κ1) is 23.0. The average Bonchev–Trinajstić information content (AvgIpc) is 3.30. The van der Waals surface area contributed by atoms with Gasteiger partial charge in [-0.15, -0.1) is 0 Å². The molecule has 2 aliphatic rings. The van der Waals surface area contributed by atoms with Crippen LogP contribution in [-0.4, -0.2) is 82.0 Å². The first-order valence-corrected chi connectivity index (χ1v) is 10.7. The van der Waals surface area contributed by atoms with Crippen LogP contribution in [0.25, 0.3) is 11.0 Å². The number of aliphatic hydroxyl groups excluding tert-OH is 2. The van der Waals surface area contributed by atoms with Gasteiger partial charge in [0.15, 0.2) is 5.96 Å². The first-order chi connectivity index (χ1) is 16.0. The monoisotopic (exact) mass is 459 g/mol. The standard InChI is InChI=1S/C20H29N9O4/c1-11-16(25-24-13-3-4-14-15(5-13)27-28-26-14)7-29(10-22-20(21)23-19(11)32-2)18-6-17(31)12(8-30)9-33-18/h3-5,7,11-12,17-19,30-31H,6,8-10H2,1-2H3,(H3,21,22,23)(H,26,27,28)/b16-7+,25-24?/t11?,12?,17-,18-,19?/m1/s1. The fourth-order valence-electron chi connectivity index (χ4n) is 3.74. The summed E-state index contributed by atoms with van der Waals surface area (Å²) < 4.78 is 11.5. The molecule has 1 aromatic carbocycles. The van der Waals surface area contributed by atoms with Gasteiger partial charge in [0.25, 0.3) is 0 Å². The van der Waals surface area contributed by atoms with E-state index in [1.165, 1.54) is 0 Å². The van der Waals surface area contributed by atoms with E-state index < -0.39 is 18.6 Å². The number of nitrogens with one attached hydrogen (secondary N) is 2. The summed E-state index contributed by atoms with van der Waals surface area (Å²) in [6, 6.07) is 5.39. The summed E-state index contributed by atoms with van der Waals surface area (Å²) in [4.78, 5) is 6.18. The third-order valence-corrected chi connectivity index (χ3v) is 5.84. The third-order valence-electron chi connectivity index (χ3n) is 5.84. The summed E-state index contributed by atoms with van der Waals surface area (Å²) in [6.07, 6.45) is 0.448. The van der Waals surface area contributed by atoms with Gasteiger partial charge in [0.1, 0.15) is 30.2 Å². The van der Waals surface area contributed by atoms with Crippen LogP contribution in [0.1, 0.15) is 13.3 Å². The Kier molecular flexibility index (Phi) is 7.13. The minimum Gasteiger partial charge on any atom is -0.396 e. The number of nitrogens with zero attached hydrogens (tertiary/aromatic N) is 6. The van der Waals surface area contributed by atoms with Crippen LogP contribution in [0.2, 0.25) is 0 Å². The molecule has 2 aromatic rings. The molecule has 0 aliphatic carbocycles. The number of hydrogen-bond acceptors (Lipinski definition) is 12. The number of azo groups is 1. The maximum atomic E-state index is 10.4. The highest BCUT2D eigenvalue weighted by Gasteiger charge is 2.33. The van der Waals surface area contributed by atoms with Crippen molar-refractivity contribution in [2.75, 3.05) is 27.0 Å². The van der Waals surface area contributed by atoms with E-state index in [4.69, 9.17) is 15.2 Å². The molecule has 1 aromatic heterocycles. The van der Waals surface area contributed by atoms with Gasteiger partial charge in [0.2, 0.25) is 0 Å². The number of rotatable bonds is 5. The number of fused-ring (bicyclic) bond motifs is 1.